The third-order valence-corrected chi connectivity index (χ3v) is 7.35. The molecule has 1 aliphatic carbocycles. The smallest absolute Gasteiger partial charge is 0.492 e. The van der Waals surface area contributed by atoms with E-state index in [4.69, 9.17) is 4.74 Å². The highest BCUT2D eigenvalue weighted by Crippen LogP contribution is 2.46. The van der Waals surface area contributed by atoms with Gasteiger partial charge in [0.15, 0.2) is 0 Å². The van der Waals surface area contributed by atoms with E-state index in [2.05, 4.69) is 0 Å². The van der Waals surface area contributed by atoms with Crippen molar-refractivity contribution in [2.75, 3.05) is 6.61 Å². The second kappa shape index (κ2) is 8.57. The minimum Gasteiger partial charge on any atom is -0.492 e. The molecule has 0 radical (unpaired) electrons. The van der Waals surface area contributed by atoms with Gasteiger partial charge in [0.25, 0.3) is 0 Å². The van der Waals surface area contributed by atoms with Crippen LogP contribution in [0.2, 0.25) is 0 Å². The Kier molecular flexibility index (Phi) is 6.50. The highest BCUT2D eigenvalue weighted by Gasteiger charge is 2.49. The maximum absolute atomic E-state index is 13.0. The summed E-state index contributed by atoms with van der Waals surface area (Å²) in [6.45, 7) is 4.41. The van der Waals surface area contributed by atoms with Gasteiger partial charge in [-0.15, -0.1) is 11.8 Å². The number of fused-ring (bicyclic) bond motifs is 1. The molecule has 2 unspecified atom stereocenters. The molecule has 158 valence electrons. The van der Waals surface area contributed by atoms with E-state index in [0.29, 0.717) is 24.3 Å². The average Bonchev–Trinajstić information content (AvgIpc) is 2.98. The van der Waals surface area contributed by atoms with Gasteiger partial charge in [0.2, 0.25) is 0 Å². The van der Waals surface area contributed by atoms with Gasteiger partial charge in [0.05, 0.1) is 17.5 Å². The van der Waals surface area contributed by atoms with Gasteiger partial charge in [-0.3, -0.25) is 0 Å². The van der Waals surface area contributed by atoms with Crippen molar-refractivity contribution in [2.24, 2.45) is 0 Å². The third-order valence-electron chi connectivity index (χ3n) is 4.68. The number of ether oxygens (including phenoxy) is 1. The van der Waals surface area contributed by atoms with Crippen LogP contribution in [0.5, 0.6) is 5.75 Å². The summed E-state index contributed by atoms with van der Waals surface area (Å²) < 4.78 is 70.4. The molecule has 0 saturated carbocycles. The van der Waals surface area contributed by atoms with Crippen molar-refractivity contribution >= 4 is 21.8 Å². The van der Waals surface area contributed by atoms with Gasteiger partial charge in [-0.1, -0.05) is 43.3 Å². The number of aryl methyl sites for hydroxylation is 1. The minimum atomic E-state index is -5.48. The molecule has 1 aliphatic rings. The topological polar surface area (TPSA) is 55.4 Å². The normalized spacial score (nSPS) is 19.2. The zero-order valence-electron chi connectivity index (χ0n) is 16.0. The minimum absolute atomic E-state index is 0.436. The summed E-state index contributed by atoms with van der Waals surface area (Å²) in [5.74, 6) is 0.658. The summed E-state index contributed by atoms with van der Waals surface area (Å²) in [6.07, 6.45) is 1.27. The summed E-state index contributed by atoms with van der Waals surface area (Å²) in [5.41, 5.74) is -3.03. The molecule has 0 amide bonds. The molecule has 9 heteroatoms. The number of hydrogen-bond donors (Lipinski definition) is 1. The number of nitrogens with one attached hydrogen (secondary N) is 1. The van der Waals surface area contributed by atoms with E-state index >= 15 is 0 Å². The van der Waals surface area contributed by atoms with Crippen LogP contribution in [-0.4, -0.2) is 25.8 Å². The summed E-state index contributed by atoms with van der Waals surface area (Å²) in [7, 11) is -5.48. The molecule has 0 saturated heterocycles. The average molecular weight is 446 g/mol. The summed E-state index contributed by atoms with van der Waals surface area (Å²) in [5, 5.41) is -0.436. The first-order valence-corrected chi connectivity index (χ1v) is 11.6. The fourth-order valence-corrected chi connectivity index (χ4v) is 5.55. The van der Waals surface area contributed by atoms with Crippen LogP contribution >= 0.6 is 11.8 Å². The predicted molar refractivity (Wildman–Crippen MR) is 108 cm³/mol. The van der Waals surface area contributed by atoms with Crippen LogP contribution in [0.1, 0.15) is 36.1 Å². The first-order chi connectivity index (χ1) is 13.6. The van der Waals surface area contributed by atoms with Crippen LogP contribution in [0, 0.1) is 6.92 Å². The molecule has 1 N–H and O–H groups in total. The first-order valence-electron chi connectivity index (χ1n) is 9.19. The summed E-state index contributed by atoms with van der Waals surface area (Å²) in [4.78, 5) is 0.815. The van der Waals surface area contributed by atoms with Crippen LogP contribution in [0.15, 0.2) is 47.4 Å². The standard InChI is InChI=1S/C20H22F3NO3S2/c1-3-11-27-16-10-6-7-13(2)19(16)28-17-12-14-8-4-5-9-15(14)18(17)24-29(25,26)20(21,22)23/h4-10,17-18,24H,3,11-12H2,1-2H3. The molecule has 4 nitrogen and oxygen atoms in total. The second-order valence-corrected chi connectivity index (χ2v) is 9.81. The van der Waals surface area contributed by atoms with E-state index in [9.17, 15) is 21.6 Å². The lowest BCUT2D eigenvalue weighted by atomic mass is 10.1. The molecule has 0 aromatic heterocycles. The van der Waals surface area contributed by atoms with Gasteiger partial charge in [-0.2, -0.15) is 17.9 Å². The number of rotatable bonds is 7. The van der Waals surface area contributed by atoms with Gasteiger partial charge >= 0.3 is 15.5 Å². The Morgan fingerprint density at radius 3 is 2.59 bits per heavy atom. The van der Waals surface area contributed by atoms with E-state index in [1.807, 2.05) is 42.8 Å². The Morgan fingerprint density at radius 2 is 1.90 bits per heavy atom. The summed E-state index contributed by atoms with van der Waals surface area (Å²) in [6, 6.07) is 11.6. The van der Waals surface area contributed by atoms with Crippen molar-refractivity contribution in [1.82, 2.24) is 4.72 Å². The van der Waals surface area contributed by atoms with Crippen LogP contribution < -0.4 is 9.46 Å². The molecular weight excluding hydrogens is 423 g/mol. The van der Waals surface area contributed by atoms with E-state index < -0.39 is 26.8 Å². The second-order valence-electron chi connectivity index (χ2n) is 6.85. The molecule has 0 fully saturated rings. The lowest BCUT2D eigenvalue weighted by molar-refractivity contribution is -0.0450. The molecule has 0 spiro atoms. The van der Waals surface area contributed by atoms with Crippen molar-refractivity contribution in [2.45, 2.75) is 48.4 Å². The zero-order valence-corrected chi connectivity index (χ0v) is 17.6. The molecular formula is C20H22F3NO3S2. The lowest BCUT2D eigenvalue weighted by Crippen LogP contribution is -2.40. The maximum Gasteiger partial charge on any atom is 0.511 e. The quantitative estimate of drug-likeness (QED) is 0.653. The molecule has 0 heterocycles. The molecule has 0 aliphatic heterocycles. The summed E-state index contributed by atoms with van der Waals surface area (Å²) >= 11 is 1.35. The SMILES string of the molecule is CCCOc1cccc(C)c1SC1Cc2ccccc2C1NS(=O)(=O)C(F)(F)F. The van der Waals surface area contributed by atoms with Gasteiger partial charge in [0, 0.05) is 5.25 Å². The van der Waals surface area contributed by atoms with Gasteiger partial charge < -0.3 is 4.74 Å². The van der Waals surface area contributed by atoms with Crippen LogP contribution in [0.25, 0.3) is 0 Å². The van der Waals surface area contributed by atoms with Crippen molar-refractivity contribution < 1.29 is 26.3 Å². The Balaban J connectivity index is 1.95. The first kappa shape index (κ1) is 22.0. The van der Waals surface area contributed by atoms with Crippen LogP contribution in [0.3, 0.4) is 0 Å². The van der Waals surface area contributed by atoms with Gasteiger partial charge in [0.1, 0.15) is 5.75 Å². The Morgan fingerprint density at radius 1 is 1.17 bits per heavy atom. The van der Waals surface area contributed by atoms with Crippen LogP contribution in [-0.2, 0) is 16.4 Å². The lowest BCUT2D eigenvalue weighted by Gasteiger charge is -2.24. The van der Waals surface area contributed by atoms with Gasteiger partial charge in [-0.25, -0.2) is 8.42 Å². The molecule has 0 bridgehead atoms. The molecule has 3 rings (SSSR count). The highest BCUT2D eigenvalue weighted by atomic mass is 32.2. The molecule has 29 heavy (non-hydrogen) atoms. The third kappa shape index (κ3) is 4.73. The number of alkyl halides is 3. The largest absolute Gasteiger partial charge is 0.511 e. The van der Waals surface area contributed by atoms with Crippen molar-refractivity contribution in [3.8, 4) is 5.75 Å². The number of benzene rings is 2. The van der Waals surface area contributed by atoms with Crippen LogP contribution in [0.4, 0.5) is 13.2 Å². The molecule has 2 aromatic rings. The zero-order chi connectivity index (χ0) is 21.2. The fourth-order valence-electron chi connectivity index (χ4n) is 3.30. The van der Waals surface area contributed by atoms with E-state index in [1.54, 1.807) is 18.2 Å². The monoisotopic (exact) mass is 445 g/mol. The molecule has 2 aromatic carbocycles. The van der Waals surface area contributed by atoms with Crippen molar-refractivity contribution in [3.05, 3.63) is 59.2 Å². The number of sulfonamides is 1. The van der Waals surface area contributed by atoms with E-state index in [-0.39, 0.29) is 0 Å². The number of hydrogen-bond acceptors (Lipinski definition) is 4. The number of halogens is 3. The van der Waals surface area contributed by atoms with Gasteiger partial charge in [-0.05, 0) is 42.5 Å². The fraction of sp³-hybridized carbons (Fsp3) is 0.400. The van der Waals surface area contributed by atoms with Crippen molar-refractivity contribution in [3.63, 3.8) is 0 Å². The van der Waals surface area contributed by atoms with Crippen molar-refractivity contribution in [1.29, 1.82) is 0 Å². The highest BCUT2D eigenvalue weighted by molar-refractivity contribution is 8.00. The van der Waals surface area contributed by atoms with E-state index in [1.165, 1.54) is 11.8 Å². The Labute approximate surface area is 172 Å². The molecule has 2 atom stereocenters. The van der Waals surface area contributed by atoms with E-state index in [0.717, 1.165) is 22.4 Å². The maximum atomic E-state index is 13.0. The predicted octanol–water partition coefficient (Wildman–Crippen LogP) is 4.98. The Bertz CT molecular complexity index is 977. The Hall–Kier alpha value is -1.71. The number of thioether (sulfide) groups is 1.